The number of para-hydroxylation sites is 1. The molecule has 0 aliphatic rings. The summed E-state index contributed by atoms with van der Waals surface area (Å²) in [5.74, 6) is -0.161. The SMILES string of the molecule is CCc1cccc(C)c1NC(=O)CCN(C(C)CC)S(C)(=O)=O. The zero-order valence-corrected chi connectivity index (χ0v) is 15.5. The number of anilines is 1. The van der Waals surface area contributed by atoms with Gasteiger partial charge in [-0.1, -0.05) is 32.0 Å². The van der Waals surface area contributed by atoms with E-state index in [-0.39, 0.29) is 24.9 Å². The Morgan fingerprint density at radius 1 is 1.30 bits per heavy atom. The molecule has 1 aromatic rings. The van der Waals surface area contributed by atoms with E-state index in [1.165, 1.54) is 10.6 Å². The second kappa shape index (κ2) is 8.45. The molecule has 130 valence electrons. The van der Waals surface area contributed by atoms with Crippen LogP contribution in [0.15, 0.2) is 18.2 Å². The predicted octanol–water partition coefficient (Wildman–Crippen LogP) is 2.95. The first-order chi connectivity index (χ1) is 10.7. The fraction of sp³-hybridized carbons (Fsp3) is 0.588. The summed E-state index contributed by atoms with van der Waals surface area (Å²) in [6.45, 7) is 7.99. The van der Waals surface area contributed by atoms with Crippen LogP contribution in [0.4, 0.5) is 5.69 Å². The molecule has 6 heteroatoms. The molecular weight excluding hydrogens is 312 g/mol. The molecule has 0 saturated heterocycles. The van der Waals surface area contributed by atoms with E-state index in [2.05, 4.69) is 5.32 Å². The number of hydrogen-bond acceptors (Lipinski definition) is 3. The lowest BCUT2D eigenvalue weighted by molar-refractivity contribution is -0.116. The standard InChI is InChI=1S/C17H28N2O3S/c1-6-14(4)19(23(5,21)22)12-11-16(20)18-17-13(3)9-8-10-15(17)7-2/h8-10,14H,6-7,11-12H2,1-5H3,(H,18,20). The van der Waals surface area contributed by atoms with Gasteiger partial charge in [0, 0.05) is 24.7 Å². The third kappa shape index (κ3) is 5.62. The summed E-state index contributed by atoms with van der Waals surface area (Å²) in [5, 5.41) is 2.93. The van der Waals surface area contributed by atoms with E-state index in [9.17, 15) is 13.2 Å². The highest BCUT2D eigenvalue weighted by Crippen LogP contribution is 2.21. The zero-order valence-electron chi connectivity index (χ0n) is 14.7. The van der Waals surface area contributed by atoms with Gasteiger partial charge < -0.3 is 5.32 Å². The topological polar surface area (TPSA) is 66.5 Å². The first-order valence-corrected chi connectivity index (χ1v) is 9.90. The van der Waals surface area contributed by atoms with Crippen molar-refractivity contribution in [1.82, 2.24) is 4.31 Å². The van der Waals surface area contributed by atoms with Gasteiger partial charge in [-0.05, 0) is 37.8 Å². The van der Waals surface area contributed by atoms with Gasteiger partial charge in [0.1, 0.15) is 0 Å². The molecule has 1 rings (SSSR count). The molecule has 1 unspecified atom stereocenters. The van der Waals surface area contributed by atoms with Crippen molar-refractivity contribution in [3.8, 4) is 0 Å². The monoisotopic (exact) mass is 340 g/mol. The average molecular weight is 340 g/mol. The van der Waals surface area contributed by atoms with Crippen LogP contribution in [0.1, 0.15) is 44.7 Å². The third-order valence-electron chi connectivity index (χ3n) is 4.07. The number of aryl methyl sites for hydroxylation is 2. The highest BCUT2D eigenvalue weighted by molar-refractivity contribution is 7.88. The number of hydrogen-bond donors (Lipinski definition) is 1. The number of carbonyl (C=O) groups is 1. The molecule has 0 fully saturated rings. The van der Waals surface area contributed by atoms with Crippen LogP contribution in [0.2, 0.25) is 0 Å². The maximum absolute atomic E-state index is 12.2. The molecule has 1 aromatic carbocycles. The van der Waals surface area contributed by atoms with Gasteiger partial charge in [0.15, 0.2) is 0 Å². The smallest absolute Gasteiger partial charge is 0.225 e. The molecular formula is C17H28N2O3S. The summed E-state index contributed by atoms with van der Waals surface area (Å²) in [6.07, 6.45) is 2.88. The minimum atomic E-state index is -3.31. The van der Waals surface area contributed by atoms with Crippen molar-refractivity contribution in [1.29, 1.82) is 0 Å². The van der Waals surface area contributed by atoms with Crippen LogP contribution in [0.25, 0.3) is 0 Å². The van der Waals surface area contributed by atoms with Crippen molar-refractivity contribution in [2.75, 3.05) is 18.1 Å². The third-order valence-corrected chi connectivity index (χ3v) is 5.47. The molecule has 0 aliphatic heterocycles. The number of amides is 1. The molecule has 0 saturated carbocycles. The molecule has 0 spiro atoms. The van der Waals surface area contributed by atoms with Crippen molar-refractivity contribution in [3.63, 3.8) is 0 Å². The van der Waals surface area contributed by atoms with E-state index in [0.29, 0.717) is 6.42 Å². The minimum Gasteiger partial charge on any atom is -0.326 e. The molecule has 0 aromatic heterocycles. The Morgan fingerprint density at radius 3 is 2.48 bits per heavy atom. The molecule has 23 heavy (non-hydrogen) atoms. The summed E-state index contributed by atoms with van der Waals surface area (Å²) < 4.78 is 25.1. The maximum atomic E-state index is 12.2. The van der Waals surface area contributed by atoms with Crippen molar-refractivity contribution >= 4 is 21.6 Å². The lowest BCUT2D eigenvalue weighted by atomic mass is 10.1. The summed E-state index contributed by atoms with van der Waals surface area (Å²) in [4.78, 5) is 12.2. The molecule has 1 amide bonds. The fourth-order valence-electron chi connectivity index (χ4n) is 2.53. The van der Waals surface area contributed by atoms with E-state index in [4.69, 9.17) is 0 Å². The molecule has 5 nitrogen and oxygen atoms in total. The van der Waals surface area contributed by atoms with Crippen molar-refractivity contribution in [2.24, 2.45) is 0 Å². The van der Waals surface area contributed by atoms with Crippen LogP contribution in [0.3, 0.4) is 0 Å². The van der Waals surface area contributed by atoms with Crippen LogP contribution < -0.4 is 5.32 Å². The predicted molar refractivity (Wildman–Crippen MR) is 95.1 cm³/mol. The molecule has 1 atom stereocenters. The van der Waals surface area contributed by atoms with Gasteiger partial charge in [0.05, 0.1) is 6.26 Å². The van der Waals surface area contributed by atoms with Crippen molar-refractivity contribution in [3.05, 3.63) is 29.3 Å². The summed E-state index contributed by atoms with van der Waals surface area (Å²) in [7, 11) is -3.31. The van der Waals surface area contributed by atoms with Crippen LogP contribution in [0.5, 0.6) is 0 Å². The van der Waals surface area contributed by atoms with Crippen LogP contribution in [-0.4, -0.2) is 37.5 Å². The second-order valence-electron chi connectivity index (χ2n) is 5.89. The normalized spacial score (nSPS) is 13.1. The zero-order chi connectivity index (χ0) is 17.6. The van der Waals surface area contributed by atoms with Crippen LogP contribution in [0, 0.1) is 6.92 Å². The van der Waals surface area contributed by atoms with Gasteiger partial charge in [0.25, 0.3) is 0 Å². The Kier molecular flexibility index (Phi) is 7.22. The van der Waals surface area contributed by atoms with E-state index in [1.807, 2.05) is 45.9 Å². The number of sulfonamides is 1. The van der Waals surface area contributed by atoms with Gasteiger partial charge in [-0.2, -0.15) is 4.31 Å². The van der Waals surface area contributed by atoms with Crippen molar-refractivity contribution < 1.29 is 13.2 Å². The number of carbonyl (C=O) groups excluding carboxylic acids is 1. The maximum Gasteiger partial charge on any atom is 0.225 e. The fourth-order valence-corrected chi connectivity index (χ4v) is 3.76. The molecule has 0 aliphatic carbocycles. The van der Waals surface area contributed by atoms with E-state index >= 15 is 0 Å². The number of nitrogens with one attached hydrogen (secondary N) is 1. The van der Waals surface area contributed by atoms with Gasteiger partial charge in [0.2, 0.25) is 15.9 Å². The second-order valence-corrected chi connectivity index (χ2v) is 7.83. The van der Waals surface area contributed by atoms with E-state index < -0.39 is 10.0 Å². The minimum absolute atomic E-state index is 0.109. The Labute approximate surface area is 140 Å². The van der Waals surface area contributed by atoms with Crippen molar-refractivity contribution in [2.45, 2.75) is 53.0 Å². The lowest BCUT2D eigenvalue weighted by Gasteiger charge is -2.25. The quantitative estimate of drug-likeness (QED) is 0.791. The number of rotatable bonds is 8. The Hall–Kier alpha value is -1.40. The van der Waals surface area contributed by atoms with Gasteiger partial charge >= 0.3 is 0 Å². The molecule has 0 heterocycles. The van der Waals surface area contributed by atoms with Gasteiger partial charge in [-0.3, -0.25) is 4.79 Å². The van der Waals surface area contributed by atoms with E-state index in [1.54, 1.807) is 0 Å². The summed E-state index contributed by atoms with van der Waals surface area (Å²) in [5.41, 5.74) is 2.94. The first kappa shape index (κ1) is 19.6. The first-order valence-electron chi connectivity index (χ1n) is 8.05. The average Bonchev–Trinajstić information content (AvgIpc) is 2.47. The Morgan fingerprint density at radius 2 is 1.96 bits per heavy atom. The molecule has 0 bridgehead atoms. The number of benzene rings is 1. The largest absolute Gasteiger partial charge is 0.326 e. The van der Waals surface area contributed by atoms with Gasteiger partial charge in [-0.15, -0.1) is 0 Å². The summed E-state index contributed by atoms with van der Waals surface area (Å²) in [6, 6.07) is 5.81. The van der Waals surface area contributed by atoms with Gasteiger partial charge in [-0.25, -0.2) is 8.42 Å². The molecule has 0 radical (unpaired) electrons. The Balaban J connectivity index is 2.78. The van der Waals surface area contributed by atoms with Crippen LogP contribution in [-0.2, 0) is 21.2 Å². The van der Waals surface area contributed by atoms with E-state index in [0.717, 1.165) is 23.2 Å². The highest BCUT2D eigenvalue weighted by Gasteiger charge is 2.22. The van der Waals surface area contributed by atoms with Crippen LogP contribution >= 0.6 is 0 Å². The number of nitrogens with zero attached hydrogens (tertiary/aromatic N) is 1. The summed E-state index contributed by atoms with van der Waals surface area (Å²) >= 11 is 0. The Bertz CT molecular complexity index is 641. The lowest BCUT2D eigenvalue weighted by Crippen LogP contribution is -2.39. The molecule has 1 N–H and O–H groups in total. The highest BCUT2D eigenvalue weighted by atomic mass is 32.2.